The maximum Gasteiger partial charge on any atom is 0.236 e. The third-order valence-electron chi connectivity index (χ3n) is 4.76. The number of carbonyl (C=O) groups excluding carboxylic acids is 1. The van der Waals surface area contributed by atoms with E-state index >= 15 is 0 Å². The van der Waals surface area contributed by atoms with Crippen LogP contribution in [0.5, 0.6) is 0 Å². The van der Waals surface area contributed by atoms with Crippen molar-refractivity contribution in [2.24, 2.45) is 0 Å². The monoisotopic (exact) mass is 341 g/mol. The van der Waals surface area contributed by atoms with Crippen LogP contribution in [0.1, 0.15) is 5.56 Å². The summed E-state index contributed by atoms with van der Waals surface area (Å²) in [5.41, 5.74) is 1.36. The van der Waals surface area contributed by atoms with Crippen LogP contribution in [0.25, 0.3) is 10.8 Å². The molecule has 0 spiro atoms. The van der Waals surface area contributed by atoms with Gasteiger partial charge >= 0.3 is 0 Å². The second-order valence-electron chi connectivity index (χ2n) is 6.46. The first-order valence-electron chi connectivity index (χ1n) is 8.94. The zero-order chi connectivity index (χ0) is 17.5. The Morgan fingerprint density at radius 3 is 2.64 bits per heavy atom. The predicted molar refractivity (Wildman–Crippen MR) is 101 cm³/mol. The van der Waals surface area contributed by atoms with E-state index in [9.17, 15) is 4.79 Å². The second-order valence-corrected chi connectivity index (χ2v) is 6.46. The third-order valence-corrected chi connectivity index (χ3v) is 4.76. The van der Waals surface area contributed by atoms with Crippen LogP contribution in [0.3, 0.4) is 0 Å². The number of hydrogen-bond acceptors (Lipinski definition) is 4. The molecule has 0 aliphatic carbocycles. The standard InChI is InChI=1S/C20H27N3O2/c1-25-14-9-21-15-20(24)23-12-10-22(11-13-23)16-18-7-4-6-17-5-2-3-8-19(17)18/h2-8,21H,9-16H2,1H3. The molecule has 5 nitrogen and oxygen atoms in total. The molecule has 1 heterocycles. The van der Waals surface area contributed by atoms with Gasteiger partial charge in [-0.15, -0.1) is 0 Å². The first-order valence-corrected chi connectivity index (χ1v) is 8.94. The summed E-state index contributed by atoms with van der Waals surface area (Å²) >= 11 is 0. The number of methoxy groups -OCH3 is 1. The van der Waals surface area contributed by atoms with Crippen LogP contribution >= 0.6 is 0 Å². The summed E-state index contributed by atoms with van der Waals surface area (Å²) in [6.07, 6.45) is 0. The maximum atomic E-state index is 12.2. The number of fused-ring (bicyclic) bond motifs is 1. The Balaban J connectivity index is 1.50. The third kappa shape index (κ3) is 4.78. The van der Waals surface area contributed by atoms with Crippen molar-refractivity contribution in [3.63, 3.8) is 0 Å². The highest BCUT2D eigenvalue weighted by atomic mass is 16.5. The molecule has 1 saturated heterocycles. The smallest absolute Gasteiger partial charge is 0.236 e. The summed E-state index contributed by atoms with van der Waals surface area (Å²) in [4.78, 5) is 16.6. The molecule has 3 rings (SSSR count). The topological polar surface area (TPSA) is 44.8 Å². The highest BCUT2D eigenvalue weighted by molar-refractivity contribution is 5.85. The van der Waals surface area contributed by atoms with Crippen LogP contribution in [0.2, 0.25) is 0 Å². The first kappa shape index (κ1) is 17.9. The first-order chi connectivity index (χ1) is 12.3. The van der Waals surface area contributed by atoms with Crippen LogP contribution in [0, 0.1) is 0 Å². The summed E-state index contributed by atoms with van der Waals surface area (Å²) in [6.45, 7) is 6.13. The van der Waals surface area contributed by atoms with Gasteiger partial charge < -0.3 is 15.0 Å². The number of rotatable bonds is 7. The molecule has 0 bridgehead atoms. The molecule has 134 valence electrons. The fourth-order valence-electron chi connectivity index (χ4n) is 3.31. The minimum absolute atomic E-state index is 0.181. The van der Waals surface area contributed by atoms with Crippen LogP contribution in [0.15, 0.2) is 42.5 Å². The normalized spacial score (nSPS) is 15.6. The molecule has 0 unspecified atom stereocenters. The van der Waals surface area contributed by atoms with E-state index in [0.29, 0.717) is 19.7 Å². The summed E-state index contributed by atoms with van der Waals surface area (Å²) < 4.78 is 4.98. The maximum absolute atomic E-state index is 12.2. The van der Waals surface area contributed by atoms with Crippen molar-refractivity contribution in [2.45, 2.75) is 6.54 Å². The zero-order valence-corrected chi connectivity index (χ0v) is 14.9. The highest BCUT2D eigenvalue weighted by Crippen LogP contribution is 2.20. The summed E-state index contributed by atoms with van der Waals surface area (Å²) in [6, 6.07) is 15.0. The predicted octanol–water partition coefficient (Wildman–Crippen LogP) is 1.72. The van der Waals surface area contributed by atoms with Gasteiger partial charge in [-0.1, -0.05) is 42.5 Å². The van der Waals surface area contributed by atoms with Crippen molar-refractivity contribution in [3.05, 3.63) is 48.0 Å². The average molecular weight is 341 g/mol. The molecular formula is C20H27N3O2. The Labute approximate surface area is 149 Å². The zero-order valence-electron chi connectivity index (χ0n) is 14.9. The van der Waals surface area contributed by atoms with E-state index in [1.807, 2.05) is 4.90 Å². The molecule has 0 aromatic heterocycles. The van der Waals surface area contributed by atoms with Crippen LogP contribution in [-0.4, -0.2) is 68.7 Å². The molecule has 2 aromatic carbocycles. The van der Waals surface area contributed by atoms with Gasteiger partial charge in [-0.2, -0.15) is 0 Å². The van der Waals surface area contributed by atoms with E-state index in [1.165, 1.54) is 16.3 Å². The lowest BCUT2D eigenvalue weighted by molar-refractivity contribution is -0.132. The fourth-order valence-corrected chi connectivity index (χ4v) is 3.31. The molecule has 1 amide bonds. The fraction of sp³-hybridized carbons (Fsp3) is 0.450. The van der Waals surface area contributed by atoms with Crippen molar-refractivity contribution in [1.82, 2.24) is 15.1 Å². The van der Waals surface area contributed by atoms with Gasteiger partial charge in [0.15, 0.2) is 0 Å². The molecule has 0 atom stereocenters. The van der Waals surface area contributed by atoms with E-state index in [4.69, 9.17) is 4.74 Å². The molecule has 5 heteroatoms. The summed E-state index contributed by atoms with van der Waals surface area (Å²) in [5.74, 6) is 0.181. The highest BCUT2D eigenvalue weighted by Gasteiger charge is 2.21. The molecule has 0 saturated carbocycles. The van der Waals surface area contributed by atoms with Crippen molar-refractivity contribution in [3.8, 4) is 0 Å². The molecule has 1 fully saturated rings. The number of nitrogens with one attached hydrogen (secondary N) is 1. The molecule has 0 radical (unpaired) electrons. The minimum Gasteiger partial charge on any atom is -0.383 e. The SMILES string of the molecule is COCCNCC(=O)N1CCN(Cc2cccc3ccccc23)CC1. The Morgan fingerprint density at radius 2 is 1.84 bits per heavy atom. The Kier molecular flexibility index (Phi) is 6.39. The number of carbonyl (C=O) groups is 1. The Bertz CT molecular complexity index is 691. The number of nitrogens with zero attached hydrogens (tertiary/aromatic N) is 2. The van der Waals surface area contributed by atoms with E-state index in [1.54, 1.807) is 7.11 Å². The van der Waals surface area contributed by atoms with Gasteiger partial charge in [0.05, 0.1) is 13.2 Å². The van der Waals surface area contributed by atoms with E-state index in [-0.39, 0.29) is 5.91 Å². The number of amides is 1. The lowest BCUT2D eigenvalue weighted by Gasteiger charge is -2.35. The van der Waals surface area contributed by atoms with Crippen molar-refractivity contribution < 1.29 is 9.53 Å². The number of ether oxygens (including phenoxy) is 1. The van der Waals surface area contributed by atoms with Crippen molar-refractivity contribution in [2.75, 3.05) is 53.0 Å². The van der Waals surface area contributed by atoms with E-state index in [0.717, 1.165) is 32.7 Å². The summed E-state index contributed by atoms with van der Waals surface area (Å²) in [7, 11) is 1.67. The number of hydrogen-bond donors (Lipinski definition) is 1. The quantitative estimate of drug-likeness (QED) is 0.779. The van der Waals surface area contributed by atoms with Gasteiger partial charge in [0, 0.05) is 46.4 Å². The van der Waals surface area contributed by atoms with Gasteiger partial charge in [0.25, 0.3) is 0 Å². The molecule has 1 N–H and O–H groups in total. The summed E-state index contributed by atoms with van der Waals surface area (Å²) in [5, 5.41) is 5.74. The lowest BCUT2D eigenvalue weighted by Crippen LogP contribution is -2.50. The largest absolute Gasteiger partial charge is 0.383 e. The van der Waals surface area contributed by atoms with Gasteiger partial charge in [0.1, 0.15) is 0 Å². The molecule has 1 aliphatic heterocycles. The van der Waals surface area contributed by atoms with Crippen LogP contribution in [-0.2, 0) is 16.1 Å². The molecule has 25 heavy (non-hydrogen) atoms. The Morgan fingerprint density at radius 1 is 1.08 bits per heavy atom. The van der Waals surface area contributed by atoms with Crippen molar-refractivity contribution >= 4 is 16.7 Å². The van der Waals surface area contributed by atoms with Gasteiger partial charge in [0.2, 0.25) is 5.91 Å². The van der Waals surface area contributed by atoms with Gasteiger partial charge in [-0.05, 0) is 16.3 Å². The van der Waals surface area contributed by atoms with Gasteiger partial charge in [-0.25, -0.2) is 0 Å². The Hall–Kier alpha value is -1.95. The molecular weight excluding hydrogens is 314 g/mol. The van der Waals surface area contributed by atoms with Crippen molar-refractivity contribution in [1.29, 1.82) is 0 Å². The van der Waals surface area contributed by atoms with Crippen LogP contribution < -0.4 is 5.32 Å². The molecule has 2 aromatic rings. The number of benzene rings is 2. The van der Waals surface area contributed by atoms with E-state index < -0.39 is 0 Å². The van der Waals surface area contributed by atoms with Crippen LogP contribution in [0.4, 0.5) is 0 Å². The average Bonchev–Trinajstić information content (AvgIpc) is 2.66. The number of piperazine rings is 1. The molecule has 1 aliphatic rings. The minimum atomic E-state index is 0.181. The van der Waals surface area contributed by atoms with Gasteiger partial charge in [-0.3, -0.25) is 9.69 Å². The second kappa shape index (κ2) is 8.94. The van der Waals surface area contributed by atoms with E-state index in [2.05, 4.69) is 52.7 Å². The lowest BCUT2D eigenvalue weighted by atomic mass is 10.0.